The highest BCUT2D eigenvalue weighted by Gasteiger charge is 2.11. The molecule has 98 valence electrons. The van der Waals surface area contributed by atoms with Crippen molar-refractivity contribution in [1.82, 2.24) is 9.55 Å². The van der Waals surface area contributed by atoms with Crippen LogP contribution in [0.2, 0.25) is 0 Å². The fourth-order valence-electron chi connectivity index (χ4n) is 1.53. The Morgan fingerprint density at radius 2 is 2.26 bits per heavy atom. The number of nitro benzene ring substituents is 1. The molecule has 0 fully saturated rings. The number of aromatic nitrogens is 2. The summed E-state index contributed by atoms with van der Waals surface area (Å²) < 4.78 is 2.18. The average molecular weight is 326 g/mol. The van der Waals surface area contributed by atoms with Gasteiger partial charge in [0.2, 0.25) is 0 Å². The second-order valence-corrected chi connectivity index (χ2v) is 4.62. The van der Waals surface area contributed by atoms with Crippen molar-refractivity contribution < 1.29 is 14.8 Å². The van der Waals surface area contributed by atoms with E-state index >= 15 is 0 Å². The molecule has 1 N–H and O–H groups in total. The maximum Gasteiger partial charge on any atom is 0.356 e. The average Bonchev–Trinajstić information content (AvgIpc) is 2.80. The van der Waals surface area contributed by atoms with E-state index in [1.165, 1.54) is 24.7 Å². The number of benzene rings is 1. The van der Waals surface area contributed by atoms with Gasteiger partial charge in [0.05, 0.1) is 11.3 Å². The van der Waals surface area contributed by atoms with Crippen LogP contribution >= 0.6 is 15.9 Å². The zero-order valence-corrected chi connectivity index (χ0v) is 11.1. The first-order valence-corrected chi connectivity index (χ1v) is 5.94. The van der Waals surface area contributed by atoms with Crippen LogP contribution in [0.3, 0.4) is 0 Å². The third-order valence-corrected chi connectivity index (χ3v) is 3.19. The van der Waals surface area contributed by atoms with E-state index in [4.69, 9.17) is 5.11 Å². The molecule has 0 unspecified atom stereocenters. The number of imidazole rings is 1. The largest absolute Gasteiger partial charge is 0.476 e. The normalized spacial score (nSPS) is 10.4. The molecule has 1 heterocycles. The Balaban J connectivity index is 2.23. The van der Waals surface area contributed by atoms with E-state index in [9.17, 15) is 14.9 Å². The first kappa shape index (κ1) is 13.2. The molecule has 0 amide bonds. The molecule has 19 heavy (non-hydrogen) atoms. The molecule has 0 radical (unpaired) electrons. The third kappa shape index (κ3) is 2.97. The number of halogens is 1. The molecule has 2 aromatic rings. The molecule has 7 nitrogen and oxygen atoms in total. The number of carboxylic acid groups (broad SMARTS) is 1. The van der Waals surface area contributed by atoms with Gasteiger partial charge in [-0.15, -0.1) is 0 Å². The van der Waals surface area contributed by atoms with E-state index in [0.29, 0.717) is 11.0 Å². The number of rotatable bonds is 4. The molecular formula is C11H8BrN3O4. The lowest BCUT2D eigenvalue weighted by Gasteiger charge is -2.05. The van der Waals surface area contributed by atoms with Crippen molar-refractivity contribution >= 4 is 27.6 Å². The van der Waals surface area contributed by atoms with Crippen LogP contribution < -0.4 is 0 Å². The number of aromatic carboxylic acids is 1. The Kier molecular flexibility index (Phi) is 3.61. The van der Waals surface area contributed by atoms with Crippen LogP contribution in [0.25, 0.3) is 0 Å². The fraction of sp³-hybridized carbons (Fsp3) is 0.0909. The number of non-ortho nitro benzene ring substituents is 1. The second-order valence-electron chi connectivity index (χ2n) is 3.77. The number of nitrogens with zero attached hydrogens (tertiary/aromatic N) is 3. The van der Waals surface area contributed by atoms with Gasteiger partial charge in [0.1, 0.15) is 0 Å². The van der Waals surface area contributed by atoms with E-state index in [2.05, 4.69) is 20.9 Å². The monoisotopic (exact) mass is 325 g/mol. The molecule has 8 heteroatoms. The summed E-state index contributed by atoms with van der Waals surface area (Å²) in [4.78, 5) is 24.5. The Morgan fingerprint density at radius 1 is 1.53 bits per heavy atom. The van der Waals surface area contributed by atoms with Crippen molar-refractivity contribution in [2.24, 2.45) is 0 Å². The van der Waals surface area contributed by atoms with Gasteiger partial charge in [-0.05, 0) is 11.6 Å². The van der Waals surface area contributed by atoms with Gasteiger partial charge in [-0.3, -0.25) is 10.1 Å². The van der Waals surface area contributed by atoms with Crippen molar-refractivity contribution in [3.8, 4) is 0 Å². The summed E-state index contributed by atoms with van der Waals surface area (Å²) in [6.45, 7) is 0.374. The molecule has 0 bridgehead atoms. The Labute approximate surface area is 115 Å². The number of nitro groups is 1. The van der Waals surface area contributed by atoms with E-state index in [1.54, 1.807) is 10.6 Å². The van der Waals surface area contributed by atoms with Crippen LogP contribution in [0.5, 0.6) is 0 Å². The number of hydrogen-bond donors (Lipinski definition) is 1. The highest BCUT2D eigenvalue weighted by atomic mass is 79.9. The maximum absolute atomic E-state index is 10.7. The van der Waals surface area contributed by atoms with Crippen LogP contribution in [0.1, 0.15) is 16.1 Å². The molecule has 0 aliphatic carbocycles. The molecule has 2 rings (SSSR count). The summed E-state index contributed by atoms with van der Waals surface area (Å²) in [6, 6.07) is 4.42. The van der Waals surface area contributed by atoms with Crippen molar-refractivity contribution in [2.75, 3.05) is 0 Å². The van der Waals surface area contributed by atoms with Crippen molar-refractivity contribution in [3.63, 3.8) is 0 Å². The molecule has 0 saturated carbocycles. The van der Waals surface area contributed by atoms with Crippen LogP contribution in [-0.4, -0.2) is 25.6 Å². The van der Waals surface area contributed by atoms with Gasteiger partial charge in [0.15, 0.2) is 5.69 Å². The zero-order valence-electron chi connectivity index (χ0n) is 9.49. The lowest BCUT2D eigenvalue weighted by Crippen LogP contribution is -1.99. The molecule has 1 aromatic carbocycles. The Hall–Kier alpha value is -2.22. The van der Waals surface area contributed by atoms with Crippen LogP contribution in [0, 0.1) is 10.1 Å². The van der Waals surface area contributed by atoms with Crippen molar-refractivity contribution in [1.29, 1.82) is 0 Å². The van der Waals surface area contributed by atoms with Crippen LogP contribution in [0.4, 0.5) is 5.69 Å². The molecule has 0 atom stereocenters. The summed E-state index contributed by atoms with van der Waals surface area (Å²) in [5.41, 5.74) is 0.741. The van der Waals surface area contributed by atoms with Crippen LogP contribution in [0.15, 0.2) is 35.2 Å². The number of carbonyl (C=O) groups is 1. The quantitative estimate of drug-likeness (QED) is 0.687. The summed E-state index contributed by atoms with van der Waals surface area (Å²) in [5.74, 6) is -1.10. The lowest BCUT2D eigenvalue weighted by atomic mass is 10.2. The van der Waals surface area contributed by atoms with Crippen LogP contribution in [-0.2, 0) is 6.54 Å². The molecule has 0 aliphatic rings. The smallest absolute Gasteiger partial charge is 0.356 e. The molecule has 0 saturated heterocycles. The molecule has 0 aliphatic heterocycles. The van der Waals surface area contributed by atoms with Gasteiger partial charge in [-0.2, -0.15) is 0 Å². The molecule has 0 spiro atoms. The minimum Gasteiger partial charge on any atom is -0.476 e. The standard InChI is InChI=1S/C11H8BrN3O4/c12-9-3-8(15(18)19)2-1-7(9)4-14-5-10(11(16)17)13-6-14/h1-3,5-6H,4H2,(H,16,17). The Morgan fingerprint density at radius 3 is 2.79 bits per heavy atom. The topological polar surface area (TPSA) is 98.3 Å². The minimum atomic E-state index is -1.10. The minimum absolute atomic E-state index is 0.00696. The summed E-state index contributed by atoms with van der Waals surface area (Å²) in [6.07, 6.45) is 2.80. The molecular weight excluding hydrogens is 318 g/mol. The van der Waals surface area contributed by atoms with E-state index in [-0.39, 0.29) is 11.4 Å². The van der Waals surface area contributed by atoms with Crippen molar-refractivity contribution in [2.45, 2.75) is 6.54 Å². The first-order valence-electron chi connectivity index (χ1n) is 5.15. The predicted molar refractivity (Wildman–Crippen MR) is 69.1 cm³/mol. The summed E-state index contributed by atoms with van der Waals surface area (Å²) in [7, 11) is 0. The second kappa shape index (κ2) is 5.19. The SMILES string of the molecule is O=C(O)c1cn(Cc2ccc([N+](=O)[O-])cc2Br)cn1. The van der Waals surface area contributed by atoms with Gasteiger partial charge < -0.3 is 9.67 Å². The highest BCUT2D eigenvalue weighted by molar-refractivity contribution is 9.10. The lowest BCUT2D eigenvalue weighted by molar-refractivity contribution is -0.384. The van der Waals surface area contributed by atoms with E-state index < -0.39 is 10.9 Å². The predicted octanol–water partition coefficient (Wildman–Crippen LogP) is 2.30. The van der Waals surface area contributed by atoms with Gasteiger partial charge in [-0.1, -0.05) is 15.9 Å². The Bertz CT molecular complexity index is 653. The number of carboxylic acids is 1. The third-order valence-electron chi connectivity index (χ3n) is 2.45. The van der Waals surface area contributed by atoms with Gasteiger partial charge in [0.25, 0.3) is 5.69 Å². The maximum atomic E-state index is 10.7. The van der Waals surface area contributed by atoms with E-state index in [1.807, 2.05) is 0 Å². The summed E-state index contributed by atoms with van der Waals surface area (Å²) >= 11 is 3.25. The zero-order chi connectivity index (χ0) is 14.0. The summed E-state index contributed by atoms with van der Waals surface area (Å²) in [5, 5.41) is 19.4. The van der Waals surface area contributed by atoms with Gasteiger partial charge in [0, 0.05) is 29.3 Å². The highest BCUT2D eigenvalue weighted by Crippen LogP contribution is 2.23. The molecule has 1 aromatic heterocycles. The van der Waals surface area contributed by atoms with E-state index in [0.717, 1.165) is 5.56 Å². The van der Waals surface area contributed by atoms with Gasteiger partial charge >= 0.3 is 5.97 Å². The van der Waals surface area contributed by atoms with Crippen molar-refractivity contribution in [3.05, 3.63) is 56.6 Å². The first-order chi connectivity index (χ1) is 8.97. The van der Waals surface area contributed by atoms with Gasteiger partial charge in [-0.25, -0.2) is 9.78 Å². The fourth-order valence-corrected chi connectivity index (χ4v) is 2.02. The number of hydrogen-bond acceptors (Lipinski definition) is 4.